The highest BCUT2D eigenvalue weighted by Gasteiger charge is 2.12. The van der Waals surface area contributed by atoms with Crippen molar-refractivity contribution >= 4 is 17.7 Å². The van der Waals surface area contributed by atoms with Crippen molar-refractivity contribution in [2.24, 2.45) is 0 Å². The molecule has 156 valence electrons. The van der Waals surface area contributed by atoms with Crippen LogP contribution in [0.1, 0.15) is 18.1 Å². The Morgan fingerprint density at radius 1 is 1.06 bits per heavy atom. The second kappa shape index (κ2) is 10.6. The first-order valence-electron chi connectivity index (χ1n) is 9.71. The summed E-state index contributed by atoms with van der Waals surface area (Å²) in [7, 11) is 0. The molecule has 6 heteroatoms. The molecule has 5 nitrogen and oxygen atoms in total. The van der Waals surface area contributed by atoms with Crippen LogP contribution in [-0.4, -0.2) is 12.5 Å². The number of carbonyl (C=O) groups is 1. The van der Waals surface area contributed by atoms with Gasteiger partial charge in [0.15, 0.2) is 0 Å². The normalized spacial score (nSPS) is 10.8. The molecule has 0 aliphatic heterocycles. The average Bonchev–Trinajstić information content (AvgIpc) is 2.78. The predicted molar refractivity (Wildman–Crippen MR) is 117 cm³/mol. The maximum atomic E-state index is 13.4. The number of halogens is 1. The highest BCUT2D eigenvalue weighted by Crippen LogP contribution is 2.23. The molecule has 0 aliphatic rings. The fraction of sp³-hybridized carbons (Fsp3) is 0.120. The van der Waals surface area contributed by atoms with Crippen LogP contribution in [0.5, 0.6) is 11.5 Å². The molecule has 31 heavy (non-hydrogen) atoms. The summed E-state index contributed by atoms with van der Waals surface area (Å²) in [5.74, 6) is 0.299. The van der Waals surface area contributed by atoms with E-state index in [9.17, 15) is 14.4 Å². The molecular weight excluding hydrogens is 395 g/mol. The van der Waals surface area contributed by atoms with Gasteiger partial charge in [0.05, 0.1) is 6.61 Å². The van der Waals surface area contributed by atoms with Gasteiger partial charge in [-0.2, -0.15) is 5.26 Å². The van der Waals surface area contributed by atoms with Crippen molar-refractivity contribution in [3.05, 3.63) is 95.3 Å². The first-order valence-corrected chi connectivity index (χ1v) is 9.71. The van der Waals surface area contributed by atoms with Crippen LogP contribution >= 0.6 is 0 Å². The van der Waals surface area contributed by atoms with Crippen molar-refractivity contribution < 1.29 is 18.7 Å². The molecule has 0 saturated heterocycles. The lowest BCUT2D eigenvalue weighted by Gasteiger charge is -2.10. The predicted octanol–water partition coefficient (Wildman–Crippen LogP) is 5.35. The van der Waals surface area contributed by atoms with E-state index in [1.165, 1.54) is 18.2 Å². The number of ether oxygens (including phenoxy) is 2. The Kier molecular flexibility index (Phi) is 7.39. The van der Waals surface area contributed by atoms with Gasteiger partial charge in [0.25, 0.3) is 5.91 Å². The summed E-state index contributed by atoms with van der Waals surface area (Å²) in [5.41, 5.74) is 1.71. The van der Waals surface area contributed by atoms with Crippen LogP contribution in [0.3, 0.4) is 0 Å². The van der Waals surface area contributed by atoms with Crippen molar-refractivity contribution in [3.8, 4) is 17.6 Å². The van der Waals surface area contributed by atoms with Gasteiger partial charge >= 0.3 is 0 Å². The molecule has 0 unspecified atom stereocenters. The minimum Gasteiger partial charge on any atom is -0.494 e. The van der Waals surface area contributed by atoms with E-state index >= 15 is 0 Å². The zero-order valence-electron chi connectivity index (χ0n) is 17.0. The fourth-order valence-electron chi connectivity index (χ4n) is 2.82. The summed E-state index contributed by atoms with van der Waals surface area (Å²) in [6, 6.07) is 22.0. The lowest BCUT2D eigenvalue weighted by Crippen LogP contribution is -2.13. The largest absolute Gasteiger partial charge is 0.494 e. The van der Waals surface area contributed by atoms with E-state index < -0.39 is 5.91 Å². The fourth-order valence-corrected chi connectivity index (χ4v) is 2.82. The van der Waals surface area contributed by atoms with Gasteiger partial charge in [-0.25, -0.2) is 4.39 Å². The van der Waals surface area contributed by atoms with Crippen LogP contribution < -0.4 is 14.8 Å². The molecule has 0 saturated carbocycles. The number of anilines is 1. The molecule has 0 aliphatic carbocycles. The van der Waals surface area contributed by atoms with Crippen LogP contribution in [0.2, 0.25) is 0 Å². The molecule has 3 aromatic carbocycles. The van der Waals surface area contributed by atoms with Gasteiger partial charge in [0, 0.05) is 11.3 Å². The van der Waals surface area contributed by atoms with Gasteiger partial charge in [0.2, 0.25) is 0 Å². The number of carbonyl (C=O) groups excluding carboxylic acids is 1. The van der Waals surface area contributed by atoms with Gasteiger partial charge in [0.1, 0.15) is 35.6 Å². The van der Waals surface area contributed by atoms with E-state index in [1.54, 1.807) is 60.7 Å². The van der Waals surface area contributed by atoms with Gasteiger partial charge in [-0.3, -0.25) is 4.79 Å². The molecule has 0 spiro atoms. The third-order valence-electron chi connectivity index (χ3n) is 4.29. The number of nitrogens with zero attached hydrogens (tertiary/aromatic N) is 1. The SMILES string of the molecule is CCOc1ccc(NC(=O)/C(C#N)=C/c2ccccc2OCc2cccc(F)c2)cc1. The van der Waals surface area contributed by atoms with E-state index in [2.05, 4.69) is 5.32 Å². The minimum absolute atomic E-state index is 0.0734. The van der Waals surface area contributed by atoms with E-state index in [0.717, 1.165) is 0 Å². The number of rotatable bonds is 8. The van der Waals surface area contributed by atoms with Gasteiger partial charge < -0.3 is 14.8 Å². The summed E-state index contributed by atoms with van der Waals surface area (Å²) in [6.07, 6.45) is 1.46. The monoisotopic (exact) mass is 416 g/mol. The molecule has 0 aromatic heterocycles. The van der Waals surface area contributed by atoms with Gasteiger partial charge in [-0.1, -0.05) is 30.3 Å². The Balaban J connectivity index is 1.74. The molecule has 0 radical (unpaired) electrons. The second-order valence-electron chi connectivity index (χ2n) is 6.54. The number of hydrogen-bond acceptors (Lipinski definition) is 4. The van der Waals surface area contributed by atoms with Crippen LogP contribution in [0.15, 0.2) is 78.4 Å². The molecule has 0 fully saturated rings. The van der Waals surface area contributed by atoms with Crippen LogP contribution in [-0.2, 0) is 11.4 Å². The van der Waals surface area contributed by atoms with E-state index in [1.807, 2.05) is 13.0 Å². The van der Waals surface area contributed by atoms with Crippen molar-refractivity contribution in [2.75, 3.05) is 11.9 Å². The van der Waals surface area contributed by atoms with Crippen LogP contribution in [0, 0.1) is 17.1 Å². The molecular formula is C25H21FN2O3. The van der Waals surface area contributed by atoms with Gasteiger partial charge in [-0.05, 0) is 61.0 Å². The standard InChI is InChI=1S/C25H21FN2O3/c1-2-30-23-12-10-22(11-13-23)28-25(29)20(16-27)15-19-7-3-4-9-24(19)31-17-18-6-5-8-21(26)14-18/h3-15H,2,17H2,1H3,(H,28,29)/b20-15+. The Labute approximate surface area is 180 Å². The Morgan fingerprint density at radius 2 is 1.84 bits per heavy atom. The summed E-state index contributed by atoms with van der Waals surface area (Å²) >= 11 is 0. The van der Waals surface area contributed by atoms with Crippen molar-refractivity contribution in [2.45, 2.75) is 13.5 Å². The lowest BCUT2D eigenvalue weighted by molar-refractivity contribution is -0.112. The zero-order chi connectivity index (χ0) is 22.1. The minimum atomic E-state index is -0.536. The number of nitriles is 1. The lowest BCUT2D eigenvalue weighted by atomic mass is 10.1. The molecule has 3 aromatic rings. The smallest absolute Gasteiger partial charge is 0.266 e. The number of nitrogens with one attached hydrogen (secondary N) is 1. The van der Waals surface area contributed by atoms with Crippen LogP contribution in [0.4, 0.5) is 10.1 Å². The molecule has 3 rings (SSSR count). The Morgan fingerprint density at radius 3 is 2.55 bits per heavy atom. The van der Waals surface area contributed by atoms with E-state index in [-0.39, 0.29) is 18.0 Å². The molecule has 1 amide bonds. The summed E-state index contributed by atoms with van der Waals surface area (Å²) in [6.45, 7) is 2.59. The number of benzene rings is 3. The zero-order valence-corrected chi connectivity index (χ0v) is 17.0. The number of amides is 1. The quantitative estimate of drug-likeness (QED) is 0.397. The summed E-state index contributed by atoms with van der Waals surface area (Å²) in [4.78, 5) is 12.6. The first kappa shape index (κ1) is 21.6. The third kappa shape index (κ3) is 6.18. The average molecular weight is 416 g/mol. The molecule has 0 bridgehead atoms. The Bertz CT molecular complexity index is 1120. The molecule has 1 N–H and O–H groups in total. The van der Waals surface area contributed by atoms with Crippen molar-refractivity contribution in [1.82, 2.24) is 0 Å². The highest BCUT2D eigenvalue weighted by atomic mass is 19.1. The van der Waals surface area contributed by atoms with E-state index in [0.29, 0.717) is 34.9 Å². The highest BCUT2D eigenvalue weighted by molar-refractivity contribution is 6.09. The topological polar surface area (TPSA) is 71.3 Å². The van der Waals surface area contributed by atoms with Gasteiger partial charge in [-0.15, -0.1) is 0 Å². The summed E-state index contributed by atoms with van der Waals surface area (Å²) < 4.78 is 24.5. The Hall–Kier alpha value is -4.11. The third-order valence-corrected chi connectivity index (χ3v) is 4.29. The molecule has 0 heterocycles. The van der Waals surface area contributed by atoms with Crippen LogP contribution in [0.25, 0.3) is 6.08 Å². The summed E-state index contributed by atoms with van der Waals surface area (Å²) in [5, 5.41) is 12.2. The number of hydrogen-bond donors (Lipinski definition) is 1. The second-order valence-corrected chi connectivity index (χ2v) is 6.54. The maximum Gasteiger partial charge on any atom is 0.266 e. The van der Waals surface area contributed by atoms with E-state index in [4.69, 9.17) is 9.47 Å². The molecule has 0 atom stereocenters. The maximum absolute atomic E-state index is 13.4. The van der Waals surface area contributed by atoms with Crippen molar-refractivity contribution in [1.29, 1.82) is 5.26 Å². The number of para-hydroxylation sites is 1. The first-order chi connectivity index (χ1) is 15.1. The van der Waals surface area contributed by atoms with Crippen molar-refractivity contribution in [3.63, 3.8) is 0 Å².